The average molecular weight is 284 g/mol. The minimum atomic E-state index is -0.258. The first kappa shape index (κ1) is 14.6. The Morgan fingerprint density at radius 2 is 2.00 bits per heavy atom. The van der Waals surface area contributed by atoms with E-state index in [1.54, 1.807) is 0 Å². The monoisotopic (exact) mass is 284 g/mol. The van der Waals surface area contributed by atoms with Crippen LogP contribution in [0.5, 0.6) is 0 Å². The SMILES string of the molecule is CC1(C)[C@H](O)CC=C2C[C@@H](/C=C/c3ccccc3)OC[C@@H]21. The van der Waals surface area contributed by atoms with Gasteiger partial charge >= 0.3 is 0 Å². The van der Waals surface area contributed by atoms with Gasteiger partial charge in [-0.1, -0.05) is 68.0 Å². The van der Waals surface area contributed by atoms with Crippen molar-refractivity contribution >= 4 is 6.08 Å². The summed E-state index contributed by atoms with van der Waals surface area (Å²) in [6, 6.07) is 10.3. The molecule has 0 spiro atoms. The van der Waals surface area contributed by atoms with Crippen LogP contribution in [-0.4, -0.2) is 23.9 Å². The van der Waals surface area contributed by atoms with E-state index in [4.69, 9.17) is 4.74 Å². The molecule has 1 fully saturated rings. The van der Waals surface area contributed by atoms with E-state index in [9.17, 15) is 5.11 Å². The van der Waals surface area contributed by atoms with Crippen molar-refractivity contribution in [2.75, 3.05) is 6.61 Å². The second-order valence-corrected chi connectivity index (χ2v) is 6.75. The number of ether oxygens (including phenoxy) is 1. The molecule has 2 heteroatoms. The second kappa shape index (κ2) is 5.78. The summed E-state index contributed by atoms with van der Waals surface area (Å²) in [5.41, 5.74) is 2.58. The quantitative estimate of drug-likeness (QED) is 0.837. The largest absolute Gasteiger partial charge is 0.392 e. The van der Waals surface area contributed by atoms with Gasteiger partial charge in [0.1, 0.15) is 0 Å². The van der Waals surface area contributed by atoms with Crippen molar-refractivity contribution in [3.8, 4) is 0 Å². The third-order valence-corrected chi connectivity index (χ3v) is 5.02. The zero-order chi connectivity index (χ0) is 14.9. The molecule has 112 valence electrons. The topological polar surface area (TPSA) is 29.5 Å². The predicted molar refractivity (Wildman–Crippen MR) is 85.8 cm³/mol. The van der Waals surface area contributed by atoms with E-state index in [-0.39, 0.29) is 17.6 Å². The van der Waals surface area contributed by atoms with E-state index in [0.717, 1.165) is 12.8 Å². The Morgan fingerprint density at radius 3 is 2.76 bits per heavy atom. The third kappa shape index (κ3) is 2.97. The van der Waals surface area contributed by atoms with Crippen LogP contribution in [0.2, 0.25) is 0 Å². The van der Waals surface area contributed by atoms with Gasteiger partial charge < -0.3 is 9.84 Å². The molecule has 0 saturated carbocycles. The van der Waals surface area contributed by atoms with Crippen LogP contribution in [0.15, 0.2) is 48.1 Å². The number of rotatable bonds is 2. The normalized spacial score (nSPS) is 31.8. The lowest BCUT2D eigenvalue weighted by atomic mass is 9.65. The minimum absolute atomic E-state index is 0.0851. The molecule has 1 aliphatic carbocycles. The summed E-state index contributed by atoms with van der Waals surface area (Å²) in [5.74, 6) is 0.350. The summed E-state index contributed by atoms with van der Waals surface area (Å²) in [7, 11) is 0. The van der Waals surface area contributed by atoms with Gasteiger partial charge in [0.05, 0.1) is 18.8 Å². The number of hydrogen-bond acceptors (Lipinski definition) is 2. The fourth-order valence-corrected chi connectivity index (χ4v) is 3.38. The third-order valence-electron chi connectivity index (χ3n) is 5.02. The van der Waals surface area contributed by atoms with Crippen LogP contribution in [0, 0.1) is 11.3 Å². The number of fused-ring (bicyclic) bond motifs is 1. The molecule has 1 heterocycles. The Labute approximate surface area is 127 Å². The standard InChI is InChI=1S/C19H24O2/c1-19(2)17-13-21-16(12-15(17)9-11-18(19)20)10-8-14-6-4-3-5-7-14/h3-10,16-18,20H,11-13H2,1-2H3/b10-8+/t16-,17+,18-/m1/s1. The van der Waals surface area contributed by atoms with Gasteiger partial charge in [0, 0.05) is 5.92 Å². The van der Waals surface area contributed by atoms with Crippen molar-refractivity contribution in [3.05, 3.63) is 53.6 Å². The van der Waals surface area contributed by atoms with E-state index >= 15 is 0 Å². The molecular formula is C19H24O2. The highest BCUT2D eigenvalue weighted by Gasteiger charge is 2.43. The zero-order valence-electron chi connectivity index (χ0n) is 12.8. The molecule has 3 rings (SSSR count). The molecule has 2 aliphatic rings. The van der Waals surface area contributed by atoms with Gasteiger partial charge in [-0.2, -0.15) is 0 Å². The van der Waals surface area contributed by atoms with Crippen molar-refractivity contribution in [3.63, 3.8) is 0 Å². The summed E-state index contributed by atoms with van der Waals surface area (Å²) in [6.07, 6.45) is 8.13. The first-order chi connectivity index (χ1) is 10.1. The van der Waals surface area contributed by atoms with Crippen LogP contribution < -0.4 is 0 Å². The molecule has 0 bridgehead atoms. The highest BCUT2D eigenvalue weighted by atomic mass is 16.5. The van der Waals surface area contributed by atoms with Gasteiger partial charge in [0.25, 0.3) is 0 Å². The van der Waals surface area contributed by atoms with Gasteiger partial charge in [-0.15, -0.1) is 0 Å². The molecule has 1 aromatic rings. The van der Waals surface area contributed by atoms with Crippen LogP contribution in [0.4, 0.5) is 0 Å². The van der Waals surface area contributed by atoms with Gasteiger partial charge in [0.2, 0.25) is 0 Å². The van der Waals surface area contributed by atoms with Crippen LogP contribution in [0.1, 0.15) is 32.3 Å². The second-order valence-electron chi connectivity index (χ2n) is 6.75. The van der Waals surface area contributed by atoms with E-state index in [0.29, 0.717) is 12.5 Å². The number of aliphatic hydroxyl groups is 1. The molecule has 1 N–H and O–H groups in total. The van der Waals surface area contributed by atoms with Crippen LogP contribution >= 0.6 is 0 Å². The summed E-state index contributed by atoms with van der Waals surface area (Å²) in [5, 5.41) is 10.2. The average Bonchev–Trinajstić information content (AvgIpc) is 2.50. The maximum Gasteiger partial charge on any atom is 0.0796 e. The molecule has 1 saturated heterocycles. The fourth-order valence-electron chi connectivity index (χ4n) is 3.38. The first-order valence-corrected chi connectivity index (χ1v) is 7.79. The predicted octanol–water partition coefficient (Wildman–Crippen LogP) is 3.82. The Bertz CT molecular complexity index is 542. The van der Waals surface area contributed by atoms with Crippen molar-refractivity contribution in [2.45, 2.75) is 38.9 Å². The van der Waals surface area contributed by atoms with E-state index in [1.807, 2.05) is 18.2 Å². The molecule has 1 aromatic carbocycles. The Hall–Kier alpha value is -1.38. The molecular weight excluding hydrogens is 260 g/mol. The van der Waals surface area contributed by atoms with Crippen molar-refractivity contribution in [1.82, 2.24) is 0 Å². The molecule has 0 aromatic heterocycles. The van der Waals surface area contributed by atoms with Crippen LogP contribution in [0.25, 0.3) is 6.08 Å². The molecule has 21 heavy (non-hydrogen) atoms. The maximum absolute atomic E-state index is 10.2. The van der Waals surface area contributed by atoms with Gasteiger partial charge in [-0.25, -0.2) is 0 Å². The fraction of sp³-hybridized carbons (Fsp3) is 0.474. The summed E-state index contributed by atoms with van der Waals surface area (Å²) in [4.78, 5) is 0. The van der Waals surface area contributed by atoms with Gasteiger partial charge in [0.15, 0.2) is 0 Å². The Morgan fingerprint density at radius 1 is 1.24 bits per heavy atom. The highest BCUT2D eigenvalue weighted by Crippen LogP contribution is 2.45. The first-order valence-electron chi connectivity index (χ1n) is 7.79. The lowest BCUT2D eigenvalue weighted by Gasteiger charge is -2.46. The van der Waals surface area contributed by atoms with Crippen LogP contribution in [0.3, 0.4) is 0 Å². The summed E-state index contributed by atoms with van der Waals surface area (Å²) < 4.78 is 6.01. The minimum Gasteiger partial charge on any atom is -0.392 e. The molecule has 0 unspecified atom stereocenters. The number of hydrogen-bond donors (Lipinski definition) is 1. The Balaban J connectivity index is 1.70. The molecule has 2 nitrogen and oxygen atoms in total. The van der Waals surface area contributed by atoms with Gasteiger partial charge in [-0.05, 0) is 23.8 Å². The zero-order valence-corrected chi connectivity index (χ0v) is 12.8. The molecule has 1 aliphatic heterocycles. The van der Waals surface area contributed by atoms with Crippen molar-refractivity contribution in [1.29, 1.82) is 0 Å². The highest BCUT2D eigenvalue weighted by molar-refractivity contribution is 5.49. The summed E-state index contributed by atoms with van der Waals surface area (Å²) >= 11 is 0. The summed E-state index contributed by atoms with van der Waals surface area (Å²) in [6.45, 7) is 5.01. The van der Waals surface area contributed by atoms with E-state index < -0.39 is 0 Å². The lowest BCUT2D eigenvalue weighted by molar-refractivity contribution is -0.0551. The number of benzene rings is 1. The Kier molecular flexibility index (Phi) is 4.01. The maximum atomic E-state index is 10.2. The van der Waals surface area contributed by atoms with Gasteiger partial charge in [-0.3, -0.25) is 0 Å². The van der Waals surface area contributed by atoms with E-state index in [2.05, 4.69) is 44.2 Å². The lowest BCUT2D eigenvalue weighted by Crippen LogP contribution is -2.45. The van der Waals surface area contributed by atoms with Crippen molar-refractivity contribution < 1.29 is 9.84 Å². The van der Waals surface area contributed by atoms with E-state index in [1.165, 1.54) is 11.1 Å². The molecule has 0 amide bonds. The van der Waals surface area contributed by atoms with Crippen molar-refractivity contribution in [2.24, 2.45) is 11.3 Å². The smallest absolute Gasteiger partial charge is 0.0796 e. The molecule has 0 radical (unpaired) electrons. The number of aliphatic hydroxyl groups excluding tert-OH is 1. The molecule has 3 atom stereocenters. The van der Waals surface area contributed by atoms with Crippen LogP contribution in [-0.2, 0) is 4.74 Å².